The zero-order valence-corrected chi connectivity index (χ0v) is 10.7. The van der Waals surface area contributed by atoms with E-state index in [1.54, 1.807) is 6.20 Å². The topological polar surface area (TPSA) is 54.5 Å². The molecule has 4 nitrogen and oxygen atoms in total. The number of nitrogens with one attached hydrogen (secondary N) is 1. The first-order valence-corrected chi connectivity index (χ1v) is 6.19. The van der Waals surface area contributed by atoms with E-state index in [1.165, 1.54) is 0 Å². The average Bonchev–Trinajstić information content (AvgIpc) is 2.88. The highest BCUT2D eigenvalue weighted by Gasteiger charge is 2.05. The van der Waals surface area contributed by atoms with Crippen molar-refractivity contribution in [3.8, 4) is 11.5 Å². The summed E-state index contributed by atoms with van der Waals surface area (Å²) in [6.07, 6.45) is 4.36. The van der Waals surface area contributed by atoms with Gasteiger partial charge in [0.05, 0.1) is 0 Å². The molecule has 0 bridgehead atoms. The smallest absolute Gasteiger partial charge is 0.156 e. The highest BCUT2D eigenvalue weighted by molar-refractivity contribution is 5.48. The molecule has 94 valence electrons. The summed E-state index contributed by atoms with van der Waals surface area (Å²) in [5.41, 5.74) is 3.96. The number of nitrogens with zero attached hydrogens (tertiary/aromatic N) is 3. The molecule has 3 aromatic rings. The lowest BCUT2D eigenvalue weighted by atomic mass is 10.2. The van der Waals surface area contributed by atoms with E-state index in [9.17, 15) is 0 Å². The Morgan fingerprint density at radius 3 is 2.79 bits per heavy atom. The van der Waals surface area contributed by atoms with Crippen LogP contribution in [0.3, 0.4) is 0 Å². The molecule has 0 unspecified atom stereocenters. The second kappa shape index (κ2) is 5.02. The second-order valence-corrected chi connectivity index (χ2v) is 4.42. The zero-order chi connectivity index (χ0) is 13.1. The van der Waals surface area contributed by atoms with Gasteiger partial charge in [-0.2, -0.15) is 0 Å². The normalized spacial score (nSPS) is 10.6. The van der Waals surface area contributed by atoms with Crippen LogP contribution in [0.15, 0.2) is 48.8 Å². The van der Waals surface area contributed by atoms with Crippen LogP contribution < -0.4 is 0 Å². The van der Waals surface area contributed by atoms with Crippen LogP contribution in [0.2, 0.25) is 0 Å². The standard InChI is InChI=1S/C15H14N4/c1-11-5-4-6-12(18-11)9-13-10-17-15(19-13)14-7-2-3-8-16-14/h2-8,10H,9H2,1H3,(H,17,19). The van der Waals surface area contributed by atoms with Gasteiger partial charge < -0.3 is 4.98 Å². The van der Waals surface area contributed by atoms with Crippen LogP contribution in [0.25, 0.3) is 11.5 Å². The molecule has 3 rings (SSSR count). The largest absolute Gasteiger partial charge is 0.340 e. The van der Waals surface area contributed by atoms with E-state index < -0.39 is 0 Å². The van der Waals surface area contributed by atoms with E-state index in [4.69, 9.17) is 0 Å². The molecule has 0 atom stereocenters. The molecular weight excluding hydrogens is 236 g/mol. The number of aromatic amines is 1. The summed E-state index contributed by atoms with van der Waals surface area (Å²) in [5.74, 6) is 0.795. The van der Waals surface area contributed by atoms with Crippen LogP contribution in [0.1, 0.15) is 17.1 Å². The Hall–Kier alpha value is -2.49. The van der Waals surface area contributed by atoms with Crippen molar-refractivity contribution in [2.75, 3.05) is 0 Å². The molecule has 0 radical (unpaired) electrons. The molecule has 0 aliphatic heterocycles. The molecule has 0 fully saturated rings. The minimum absolute atomic E-state index is 0.752. The van der Waals surface area contributed by atoms with E-state index in [2.05, 4.69) is 19.9 Å². The third-order valence-corrected chi connectivity index (χ3v) is 2.85. The number of hydrogen-bond donors (Lipinski definition) is 1. The summed E-state index contributed by atoms with van der Waals surface area (Å²) < 4.78 is 0. The summed E-state index contributed by atoms with van der Waals surface area (Å²) in [7, 11) is 0. The Morgan fingerprint density at radius 2 is 2.00 bits per heavy atom. The van der Waals surface area contributed by atoms with Crippen LogP contribution in [-0.4, -0.2) is 19.9 Å². The zero-order valence-electron chi connectivity index (χ0n) is 10.7. The fraction of sp³-hybridized carbons (Fsp3) is 0.133. The van der Waals surface area contributed by atoms with Gasteiger partial charge >= 0.3 is 0 Å². The first-order valence-electron chi connectivity index (χ1n) is 6.19. The van der Waals surface area contributed by atoms with E-state index in [1.807, 2.05) is 49.5 Å². The van der Waals surface area contributed by atoms with Crippen LogP contribution in [0.4, 0.5) is 0 Å². The lowest BCUT2D eigenvalue weighted by Crippen LogP contribution is -1.94. The molecule has 3 heterocycles. The first kappa shape index (κ1) is 11.6. The maximum atomic E-state index is 4.49. The molecule has 4 heteroatoms. The van der Waals surface area contributed by atoms with Gasteiger partial charge in [0.2, 0.25) is 0 Å². The maximum absolute atomic E-state index is 4.49. The third-order valence-electron chi connectivity index (χ3n) is 2.85. The summed E-state index contributed by atoms with van der Waals surface area (Å²) in [6.45, 7) is 2.00. The molecule has 0 aliphatic rings. The van der Waals surface area contributed by atoms with E-state index in [0.717, 1.165) is 35.0 Å². The highest BCUT2D eigenvalue weighted by atomic mass is 14.9. The van der Waals surface area contributed by atoms with Crippen LogP contribution in [-0.2, 0) is 6.42 Å². The van der Waals surface area contributed by atoms with Crippen molar-refractivity contribution >= 4 is 0 Å². The van der Waals surface area contributed by atoms with E-state index in [0.29, 0.717) is 0 Å². The van der Waals surface area contributed by atoms with Crippen LogP contribution in [0, 0.1) is 6.92 Å². The monoisotopic (exact) mass is 250 g/mol. The van der Waals surface area contributed by atoms with Gasteiger partial charge in [-0.25, -0.2) is 4.98 Å². The molecule has 0 amide bonds. The Labute approximate surface area is 111 Å². The number of imidazole rings is 1. The summed E-state index contributed by atoms with van der Waals surface area (Å²) in [6, 6.07) is 11.8. The predicted molar refractivity (Wildman–Crippen MR) is 73.6 cm³/mol. The fourth-order valence-electron chi connectivity index (χ4n) is 1.98. The SMILES string of the molecule is Cc1cccc(Cc2cnc(-c3ccccn3)[nH]2)n1. The number of hydrogen-bond acceptors (Lipinski definition) is 3. The minimum Gasteiger partial charge on any atom is -0.340 e. The van der Waals surface area contributed by atoms with Gasteiger partial charge in [-0.3, -0.25) is 9.97 Å². The fourth-order valence-corrected chi connectivity index (χ4v) is 1.98. The quantitative estimate of drug-likeness (QED) is 0.777. The van der Waals surface area contributed by atoms with Crippen LogP contribution in [0.5, 0.6) is 0 Å². The van der Waals surface area contributed by atoms with Crippen molar-refractivity contribution in [1.29, 1.82) is 0 Å². The number of pyridine rings is 2. The van der Waals surface area contributed by atoms with Crippen molar-refractivity contribution in [2.24, 2.45) is 0 Å². The van der Waals surface area contributed by atoms with Gasteiger partial charge in [-0.1, -0.05) is 12.1 Å². The molecular formula is C15H14N4. The van der Waals surface area contributed by atoms with Crippen molar-refractivity contribution in [3.63, 3.8) is 0 Å². The number of rotatable bonds is 3. The van der Waals surface area contributed by atoms with Crippen molar-refractivity contribution < 1.29 is 0 Å². The predicted octanol–water partition coefficient (Wildman–Crippen LogP) is 2.77. The molecule has 0 aromatic carbocycles. The van der Waals surface area contributed by atoms with Gasteiger partial charge in [0.15, 0.2) is 5.82 Å². The Kier molecular flexibility index (Phi) is 3.06. The van der Waals surface area contributed by atoms with E-state index in [-0.39, 0.29) is 0 Å². The number of aromatic nitrogens is 4. The molecule has 0 spiro atoms. The molecule has 0 saturated heterocycles. The Balaban J connectivity index is 1.82. The van der Waals surface area contributed by atoms with Gasteiger partial charge in [-0.15, -0.1) is 0 Å². The van der Waals surface area contributed by atoms with Gasteiger partial charge in [0, 0.05) is 35.9 Å². The summed E-state index contributed by atoms with van der Waals surface area (Å²) in [4.78, 5) is 16.4. The summed E-state index contributed by atoms with van der Waals surface area (Å²) >= 11 is 0. The minimum atomic E-state index is 0.752. The molecule has 3 aromatic heterocycles. The lowest BCUT2D eigenvalue weighted by Gasteiger charge is -1.99. The van der Waals surface area contributed by atoms with Crippen LogP contribution >= 0.6 is 0 Å². The molecule has 0 aliphatic carbocycles. The second-order valence-electron chi connectivity index (χ2n) is 4.42. The third kappa shape index (κ3) is 2.68. The summed E-state index contributed by atoms with van der Waals surface area (Å²) in [5, 5.41) is 0. The number of aryl methyl sites for hydroxylation is 1. The average molecular weight is 250 g/mol. The lowest BCUT2D eigenvalue weighted by molar-refractivity contribution is 1.01. The molecule has 1 N–H and O–H groups in total. The van der Waals surface area contributed by atoms with Crippen molar-refractivity contribution in [1.82, 2.24) is 19.9 Å². The van der Waals surface area contributed by atoms with Gasteiger partial charge in [-0.05, 0) is 31.2 Å². The maximum Gasteiger partial charge on any atom is 0.156 e. The number of H-pyrrole nitrogens is 1. The van der Waals surface area contributed by atoms with E-state index >= 15 is 0 Å². The van der Waals surface area contributed by atoms with Crippen molar-refractivity contribution in [3.05, 3.63) is 65.9 Å². The Bertz CT molecular complexity index is 673. The highest BCUT2D eigenvalue weighted by Crippen LogP contribution is 2.13. The van der Waals surface area contributed by atoms with Gasteiger partial charge in [0.1, 0.15) is 5.69 Å². The van der Waals surface area contributed by atoms with Gasteiger partial charge in [0.25, 0.3) is 0 Å². The first-order chi connectivity index (χ1) is 9.31. The Morgan fingerprint density at radius 1 is 1.05 bits per heavy atom. The van der Waals surface area contributed by atoms with Crippen molar-refractivity contribution in [2.45, 2.75) is 13.3 Å². The molecule has 19 heavy (non-hydrogen) atoms. The molecule has 0 saturated carbocycles.